The minimum Gasteiger partial charge on any atom is -0.484 e. The van der Waals surface area contributed by atoms with Crippen LogP contribution in [0.3, 0.4) is 0 Å². The third-order valence-electron chi connectivity index (χ3n) is 4.28. The highest BCUT2D eigenvalue weighted by Crippen LogP contribution is 2.31. The van der Waals surface area contributed by atoms with Crippen molar-refractivity contribution in [2.75, 3.05) is 19.7 Å². The van der Waals surface area contributed by atoms with Gasteiger partial charge in [-0.25, -0.2) is 0 Å². The van der Waals surface area contributed by atoms with Crippen molar-refractivity contribution < 1.29 is 14.3 Å². The molecule has 1 aromatic carbocycles. The molecule has 1 heterocycles. The van der Waals surface area contributed by atoms with E-state index < -0.39 is 0 Å². The van der Waals surface area contributed by atoms with Gasteiger partial charge >= 0.3 is 0 Å². The van der Waals surface area contributed by atoms with Gasteiger partial charge in [0, 0.05) is 30.1 Å². The summed E-state index contributed by atoms with van der Waals surface area (Å²) in [6.07, 6.45) is 3.70. The van der Waals surface area contributed by atoms with Crippen molar-refractivity contribution in [1.29, 1.82) is 0 Å². The molecular formula is C17H21ClN2O3. The van der Waals surface area contributed by atoms with E-state index in [0.717, 1.165) is 38.8 Å². The Morgan fingerprint density at radius 2 is 1.78 bits per heavy atom. The molecule has 6 heteroatoms. The second-order valence-electron chi connectivity index (χ2n) is 6.18. The highest BCUT2D eigenvalue weighted by atomic mass is 35.5. The first-order valence-corrected chi connectivity index (χ1v) is 8.46. The summed E-state index contributed by atoms with van der Waals surface area (Å²) in [6, 6.07) is 7.04. The first-order valence-electron chi connectivity index (χ1n) is 8.08. The normalized spacial score (nSPS) is 18.6. The maximum absolute atomic E-state index is 12.0. The molecule has 23 heavy (non-hydrogen) atoms. The van der Waals surface area contributed by atoms with Crippen molar-refractivity contribution in [3.05, 3.63) is 29.3 Å². The number of halogens is 1. The maximum atomic E-state index is 12.0. The highest BCUT2D eigenvalue weighted by Gasteiger charge is 2.35. The third-order valence-corrected chi connectivity index (χ3v) is 4.53. The van der Waals surface area contributed by atoms with E-state index in [1.807, 2.05) is 4.90 Å². The van der Waals surface area contributed by atoms with Gasteiger partial charge in [-0.15, -0.1) is 0 Å². The topological polar surface area (TPSA) is 58.6 Å². The monoisotopic (exact) mass is 336 g/mol. The molecule has 124 valence electrons. The molecule has 1 N–H and O–H groups in total. The van der Waals surface area contributed by atoms with Crippen LogP contribution in [0.15, 0.2) is 24.3 Å². The Hall–Kier alpha value is -1.75. The summed E-state index contributed by atoms with van der Waals surface area (Å²) in [4.78, 5) is 25.9. The summed E-state index contributed by atoms with van der Waals surface area (Å²) in [7, 11) is 0. The number of rotatable bonds is 5. The zero-order chi connectivity index (χ0) is 16.2. The van der Waals surface area contributed by atoms with E-state index in [4.69, 9.17) is 16.3 Å². The van der Waals surface area contributed by atoms with E-state index in [-0.39, 0.29) is 24.5 Å². The highest BCUT2D eigenvalue weighted by molar-refractivity contribution is 6.30. The lowest BCUT2D eigenvalue weighted by Crippen LogP contribution is -2.47. The van der Waals surface area contributed by atoms with Crippen molar-refractivity contribution in [1.82, 2.24) is 10.2 Å². The molecule has 1 aliphatic heterocycles. The van der Waals surface area contributed by atoms with Gasteiger partial charge in [0.2, 0.25) is 5.91 Å². The molecule has 2 amide bonds. The van der Waals surface area contributed by atoms with Gasteiger partial charge in [0.05, 0.1) is 0 Å². The van der Waals surface area contributed by atoms with E-state index >= 15 is 0 Å². The molecule has 0 radical (unpaired) electrons. The molecule has 1 saturated carbocycles. The SMILES string of the molecule is O=C(COc1ccc(Cl)cc1)NC1CCN(C(=O)C2CC2)CC1. The van der Waals surface area contributed by atoms with Crippen LogP contribution >= 0.6 is 11.6 Å². The summed E-state index contributed by atoms with van der Waals surface area (Å²) < 4.78 is 5.43. The fourth-order valence-corrected chi connectivity index (χ4v) is 2.91. The van der Waals surface area contributed by atoms with Crippen molar-refractivity contribution in [3.63, 3.8) is 0 Å². The number of carbonyl (C=O) groups is 2. The quantitative estimate of drug-likeness (QED) is 0.897. The Morgan fingerprint density at radius 3 is 2.39 bits per heavy atom. The van der Waals surface area contributed by atoms with Gasteiger partial charge in [-0.2, -0.15) is 0 Å². The van der Waals surface area contributed by atoms with Crippen LogP contribution < -0.4 is 10.1 Å². The number of hydrogen-bond donors (Lipinski definition) is 1. The van der Waals surface area contributed by atoms with Crippen LogP contribution in [0.4, 0.5) is 0 Å². The van der Waals surface area contributed by atoms with Crippen LogP contribution in [-0.2, 0) is 9.59 Å². The smallest absolute Gasteiger partial charge is 0.258 e. The Bertz CT molecular complexity index is 564. The van der Waals surface area contributed by atoms with E-state index in [2.05, 4.69) is 5.32 Å². The summed E-state index contributed by atoms with van der Waals surface area (Å²) >= 11 is 5.80. The predicted molar refractivity (Wildman–Crippen MR) is 87.4 cm³/mol. The van der Waals surface area contributed by atoms with Gasteiger partial charge < -0.3 is 15.0 Å². The number of ether oxygens (including phenoxy) is 1. The summed E-state index contributed by atoms with van der Waals surface area (Å²) in [6.45, 7) is 1.46. The maximum Gasteiger partial charge on any atom is 0.258 e. The second kappa shape index (κ2) is 7.21. The molecule has 0 atom stereocenters. The molecule has 3 rings (SSSR count). The Balaban J connectivity index is 1.37. The van der Waals surface area contributed by atoms with Crippen LogP contribution in [-0.4, -0.2) is 42.5 Å². The molecule has 1 aliphatic carbocycles. The molecule has 0 bridgehead atoms. The Morgan fingerprint density at radius 1 is 1.13 bits per heavy atom. The van der Waals surface area contributed by atoms with Gasteiger partial charge in [0.25, 0.3) is 5.91 Å². The first-order chi connectivity index (χ1) is 11.1. The van der Waals surface area contributed by atoms with E-state index in [1.165, 1.54) is 0 Å². The number of piperidine rings is 1. The summed E-state index contributed by atoms with van der Waals surface area (Å²) in [5.41, 5.74) is 0. The lowest BCUT2D eigenvalue weighted by molar-refractivity contribution is -0.133. The van der Waals surface area contributed by atoms with Gasteiger partial charge in [-0.05, 0) is 49.9 Å². The Labute approximate surface area is 140 Å². The van der Waals surface area contributed by atoms with Crippen molar-refractivity contribution in [2.45, 2.75) is 31.7 Å². The molecule has 2 fully saturated rings. The van der Waals surface area contributed by atoms with E-state index in [9.17, 15) is 9.59 Å². The van der Waals surface area contributed by atoms with E-state index in [1.54, 1.807) is 24.3 Å². The molecule has 0 unspecified atom stereocenters. The summed E-state index contributed by atoms with van der Waals surface area (Å²) in [5, 5.41) is 3.61. The number of benzene rings is 1. The molecule has 0 aromatic heterocycles. The summed E-state index contributed by atoms with van der Waals surface area (Å²) in [5.74, 6) is 1.05. The van der Waals surface area contributed by atoms with Gasteiger partial charge in [0.15, 0.2) is 6.61 Å². The third kappa shape index (κ3) is 4.61. The number of likely N-dealkylation sites (tertiary alicyclic amines) is 1. The number of hydrogen-bond acceptors (Lipinski definition) is 3. The standard InChI is InChI=1S/C17H21ClN2O3/c18-13-3-5-15(6-4-13)23-11-16(21)19-14-7-9-20(10-8-14)17(22)12-1-2-12/h3-6,12,14H,1-2,7-11H2,(H,19,21). The average Bonchev–Trinajstić information content (AvgIpc) is 3.39. The van der Waals surface area contributed by atoms with Crippen LogP contribution in [0.2, 0.25) is 5.02 Å². The predicted octanol–water partition coefficient (Wildman–Crippen LogP) is 2.24. The van der Waals surface area contributed by atoms with Crippen molar-refractivity contribution in [3.8, 4) is 5.75 Å². The van der Waals surface area contributed by atoms with Crippen molar-refractivity contribution >= 4 is 23.4 Å². The number of nitrogens with one attached hydrogen (secondary N) is 1. The van der Waals surface area contributed by atoms with Crippen molar-refractivity contribution in [2.24, 2.45) is 5.92 Å². The number of carbonyl (C=O) groups excluding carboxylic acids is 2. The minimum absolute atomic E-state index is 0.0111. The van der Waals surface area contributed by atoms with Gasteiger partial charge in [-0.3, -0.25) is 9.59 Å². The number of amides is 2. The second-order valence-corrected chi connectivity index (χ2v) is 6.62. The first kappa shape index (κ1) is 16.1. The van der Waals surface area contributed by atoms with Crippen LogP contribution in [0.5, 0.6) is 5.75 Å². The van der Waals surface area contributed by atoms with E-state index in [0.29, 0.717) is 16.7 Å². The van der Waals surface area contributed by atoms with Crippen LogP contribution in [0, 0.1) is 5.92 Å². The lowest BCUT2D eigenvalue weighted by atomic mass is 10.0. The largest absolute Gasteiger partial charge is 0.484 e. The molecule has 1 aromatic rings. The molecule has 1 saturated heterocycles. The fourth-order valence-electron chi connectivity index (χ4n) is 2.78. The van der Waals surface area contributed by atoms with Gasteiger partial charge in [-0.1, -0.05) is 11.6 Å². The zero-order valence-electron chi connectivity index (χ0n) is 13.0. The fraction of sp³-hybridized carbons (Fsp3) is 0.529. The molecule has 2 aliphatic rings. The zero-order valence-corrected chi connectivity index (χ0v) is 13.7. The lowest BCUT2D eigenvalue weighted by Gasteiger charge is -2.32. The van der Waals surface area contributed by atoms with Crippen LogP contribution in [0.25, 0.3) is 0 Å². The van der Waals surface area contributed by atoms with Crippen LogP contribution in [0.1, 0.15) is 25.7 Å². The Kier molecular flexibility index (Phi) is 5.06. The minimum atomic E-state index is -0.132. The molecule has 5 nitrogen and oxygen atoms in total. The average molecular weight is 337 g/mol. The number of nitrogens with zero attached hydrogens (tertiary/aromatic N) is 1. The molecular weight excluding hydrogens is 316 g/mol. The molecule has 0 spiro atoms. The van der Waals surface area contributed by atoms with Gasteiger partial charge in [0.1, 0.15) is 5.75 Å².